The monoisotopic (exact) mass is 233 g/mol. The third kappa shape index (κ3) is 2.36. The van der Waals surface area contributed by atoms with Crippen LogP contribution in [0.5, 0.6) is 0 Å². The second kappa shape index (κ2) is 5.30. The molecule has 1 N–H and O–H groups in total. The molecule has 0 bridgehead atoms. The highest BCUT2D eigenvalue weighted by molar-refractivity contribution is 6.42. The van der Waals surface area contributed by atoms with Crippen LogP contribution in [0.1, 0.15) is 24.2 Å². The summed E-state index contributed by atoms with van der Waals surface area (Å²) in [7, 11) is 1.78. The number of benzene rings is 1. The maximum absolute atomic E-state index is 11.4. The second-order valence-corrected chi connectivity index (χ2v) is 3.31. The van der Waals surface area contributed by atoms with Crippen molar-refractivity contribution in [2.24, 2.45) is 7.05 Å². The molecular formula is C13H15NO3. The Hall–Kier alpha value is -2.10. The lowest BCUT2D eigenvalue weighted by Gasteiger charge is -1.93. The van der Waals surface area contributed by atoms with E-state index in [1.807, 2.05) is 26.0 Å². The number of hydrogen-bond donors (Lipinski definition) is 1. The summed E-state index contributed by atoms with van der Waals surface area (Å²) in [4.78, 5) is 22.0. The van der Waals surface area contributed by atoms with E-state index in [0.29, 0.717) is 5.39 Å². The molecule has 0 radical (unpaired) electrons. The maximum atomic E-state index is 11.4. The van der Waals surface area contributed by atoms with Gasteiger partial charge in [-0.05, 0) is 6.07 Å². The summed E-state index contributed by atoms with van der Waals surface area (Å²) in [5, 5.41) is 9.32. The van der Waals surface area contributed by atoms with E-state index in [1.54, 1.807) is 29.9 Å². The van der Waals surface area contributed by atoms with Gasteiger partial charge in [-0.15, -0.1) is 0 Å². The molecule has 0 fully saturated rings. The van der Waals surface area contributed by atoms with Crippen LogP contribution in [0.3, 0.4) is 0 Å². The number of carboxylic acid groups (broad SMARTS) is 1. The number of aromatic nitrogens is 1. The SMILES string of the molecule is CC.Cn1cc(C(=O)C(=O)O)c2ccccc21. The van der Waals surface area contributed by atoms with Gasteiger partial charge >= 0.3 is 5.97 Å². The number of Topliss-reactive ketones (excluding diaryl/α,β-unsaturated/α-hetero) is 1. The zero-order valence-electron chi connectivity index (χ0n) is 10.1. The Morgan fingerprint density at radius 1 is 1.18 bits per heavy atom. The summed E-state index contributed by atoms with van der Waals surface area (Å²) in [5.41, 5.74) is 1.09. The molecule has 0 spiro atoms. The molecule has 0 aliphatic rings. The summed E-state index contributed by atoms with van der Waals surface area (Å²) in [6.07, 6.45) is 1.54. The lowest BCUT2D eigenvalue weighted by molar-refractivity contribution is -0.131. The largest absolute Gasteiger partial charge is 0.475 e. The fourth-order valence-corrected chi connectivity index (χ4v) is 1.64. The molecule has 90 valence electrons. The lowest BCUT2D eigenvalue weighted by Crippen LogP contribution is -2.12. The van der Waals surface area contributed by atoms with Gasteiger partial charge in [-0.2, -0.15) is 0 Å². The maximum Gasteiger partial charge on any atom is 0.377 e. The second-order valence-electron chi connectivity index (χ2n) is 3.31. The first kappa shape index (κ1) is 13.0. The average Bonchev–Trinajstić information content (AvgIpc) is 2.69. The van der Waals surface area contributed by atoms with Crippen LogP contribution < -0.4 is 0 Å². The van der Waals surface area contributed by atoms with Crippen LogP contribution in [0, 0.1) is 0 Å². The van der Waals surface area contributed by atoms with Crippen LogP contribution in [0.25, 0.3) is 10.9 Å². The van der Waals surface area contributed by atoms with Crippen molar-refractivity contribution in [2.45, 2.75) is 13.8 Å². The van der Waals surface area contributed by atoms with Gasteiger partial charge in [0.15, 0.2) is 0 Å². The molecule has 4 nitrogen and oxygen atoms in total. The molecule has 0 atom stereocenters. The Morgan fingerprint density at radius 2 is 1.76 bits per heavy atom. The minimum absolute atomic E-state index is 0.237. The quantitative estimate of drug-likeness (QED) is 0.640. The van der Waals surface area contributed by atoms with Crippen molar-refractivity contribution in [2.75, 3.05) is 0 Å². The summed E-state index contributed by atoms with van der Waals surface area (Å²) < 4.78 is 1.74. The molecule has 2 rings (SSSR count). The Morgan fingerprint density at radius 3 is 2.35 bits per heavy atom. The van der Waals surface area contributed by atoms with Gasteiger partial charge in [0.2, 0.25) is 0 Å². The van der Waals surface area contributed by atoms with Gasteiger partial charge in [0, 0.05) is 24.1 Å². The number of rotatable bonds is 2. The number of nitrogens with zero attached hydrogens (tertiary/aromatic N) is 1. The average molecular weight is 233 g/mol. The van der Waals surface area contributed by atoms with Crippen molar-refractivity contribution in [3.8, 4) is 0 Å². The number of aryl methyl sites for hydroxylation is 1. The van der Waals surface area contributed by atoms with E-state index in [-0.39, 0.29) is 5.56 Å². The number of carbonyl (C=O) groups is 2. The molecule has 1 aromatic heterocycles. The van der Waals surface area contributed by atoms with E-state index >= 15 is 0 Å². The van der Waals surface area contributed by atoms with Crippen LogP contribution in [0.15, 0.2) is 30.5 Å². The van der Waals surface area contributed by atoms with Gasteiger partial charge in [0.25, 0.3) is 5.78 Å². The summed E-state index contributed by atoms with van der Waals surface area (Å²) >= 11 is 0. The van der Waals surface area contributed by atoms with Crippen molar-refractivity contribution in [1.29, 1.82) is 0 Å². The normalized spacial score (nSPS) is 9.59. The molecule has 4 heteroatoms. The molecule has 17 heavy (non-hydrogen) atoms. The third-order valence-electron chi connectivity index (χ3n) is 2.34. The molecule has 2 aromatic rings. The van der Waals surface area contributed by atoms with Crippen LogP contribution in [0.4, 0.5) is 0 Å². The Bertz CT molecular complexity index is 555. The standard InChI is InChI=1S/C11H9NO3.C2H6/c1-12-6-8(10(13)11(14)15)7-4-2-3-5-9(7)12;1-2/h2-6H,1H3,(H,14,15);1-2H3. The molecule has 0 saturated carbocycles. The summed E-state index contributed by atoms with van der Waals surface area (Å²) in [5.74, 6) is -2.29. The summed E-state index contributed by atoms with van der Waals surface area (Å²) in [6, 6.07) is 7.21. The van der Waals surface area contributed by atoms with Gasteiger partial charge in [-0.3, -0.25) is 4.79 Å². The number of carboxylic acids is 1. The van der Waals surface area contributed by atoms with Gasteiger partial charge in [-0.25, -0.2) is 4.79 Å². The molecule has 0 saturated heterocycles. The predicted molar refractivity (Wildman–Crippen MR) is 66.2 cm³/mol. The van der Waals surface area contributed by atoms with Crippen LogP contribution in [-0.2, 0) is 11.8 Å². The van der Waals surface area contributed by atoms with E-state index in [9.17, 15) is 9.59 Å². The predicted octanol–water partition coefficient (Wildman–Crippen LogP) is 2.47. The highest BCUT2D eigenvalue weighted by atomic mass is 16.4. The third-order valence-corrected chi connectivity index (χ3v) is 2.34. The molecule has 0 aliphatic carbocycles. The summed E-state index contributed by atoms with van der Waals surface area (Å²) in [6.45, 7) is 4.00. The molecule has 0 amide bonds. The van der Waals surface area contributed by atoms with Gasteiger partial charge in [0.1, 0.15) is 0 Å². The molecule has 0 aliphatic heterocycles. The molecule has 0 unspecified atom stereocenters. The van der Waals surface area contributed by atoms with Gasteiger partial charge in [-0.1, -0.05) is 32.0 Å². The molecule has 1 aromatic carbocycles. The number of aliphatic carboxylic acids is 1. The molecule has 1 heterocycles. The fourth-order valence-electron chi connectivity index (χ4n) is 1.64. The number of fused-ring (bicyclic) bond motifs is 1. The van der Waals surface area contributed by atoms with Gasteiger partial charge < -0.3 is 9.67 Å². The Kier molecular flexibility index (Phi) is 4.04. The number of para-hydroxylation sites is 1. The smallest absolute Gasteiger partial charge is 0.377 e. The number of carbonyl (C=O) groups excluding carboxylic acids is 1. The van der Waals surface area contributed by atoms with E-state index in [0.717, 1.165) is 5.52 Å². The first-order valence-electron chi connectivity index (χ1n) is 5.43. The van der Waals surface area contributed by atoms with Crippen molar-refractivity contribution < 1.29 is 14.7 Å². The number of ketones is 1. The minimum Gasteiger partial charge on any atom is -0.475 e. The molecular weight excluding hydrogens is 218 g/mol. The van der Waals surface area contributed by atoms with Crippen molar-refractivity contribution >= 4 is 22.7 Å². The van der Waals surface area contributed by atoms with E-state index in [2.05, 4.69) is 0 Å². The Balaban J connectivity index is 0.000000686. The first-order valence-corrected chi connectivity index (χ1v) is 5.43. The van der Waals surface area contributed by atoms with E-state index in [4.69, 9.17) is 5.11 Å². The van der Waals surface area contributed by atoms with Crippen LogP contribution >= 0.6 is 0 Å². The van der Waals surface area contributed by atoms with Crippen molar-refractivity contribution in [1.82, 2.24) is 4.57 Å². The van der Waals surface area contributed by atoms with E-state index in [1.165, 1.54) is 0 Å². The lowest BCUT2D eigenvalue weighted by atomic mass is 10.1. The zero-order valence-corrected chi connectivity index (χ0v) is 10.1. The van der Waals surface area contributed by atoms with Crippen molar-refractivity contribution in [3.05, 3.63) is 36.0 Å². The van der Waals surface area contributed by atoms with Crippen LogP contribution in [-0.4, -0.2) is 21.4 Å². The Labute approximate surface area is 99.5 Å². The van der Waals surface area contributed by atoms with Crippen molar-refractivity contribution in [3.63, 3.8) is 0 Å². The highest BCUT2D eigenvalue weighted by Crippen LogP contribution is 2.20. The van der Waals surface area contributed by atoms with E-state index < -0.39 is 11.8 Å². The van der Waals surface area contributed by atoms with Gasteiger partial charge in [0.05, 0.1) is 5.56 Å². The van der Waals surface area contributed by atoms with Crippen LogP contribution in [0.2, 0.25) is 0 Å². The fraction of sp³-hybridized carbons (Fsp3) is 0.231. The minimum atomic E-state index is -1.42. The zero-order chi connectivity index (χ0) is 13.0. The topological polar surface area (TPSA) is 59.3 Å². The highest BCUT2D eigenvalue weighted by Gasteiger charge is 2.19. The number of hydrogen-bond acceptors (Lipinski definition) is 2. The first-order chi connectivity index (χ1) is 8.11.